The number of nitrogens with zero attached hydrogens (tertiary/aromatic N) is 3. The van der Waals surface area contributed by atoms with Gasteiger partial charge in [-0.15, -0.1) is 0 Å². The van der Waals surface area contributed by atoms with Crippen LogP contribution in [0.1, 0.15) is 11.6 Å². The van der Waals surface area contributed by atoms with Crippen LogP contribution >= 0.6 is 15.9 Å². The van der Waals surface area contributed by atoms with E-state index >= 15 is 0 Å². The number of carbonyl (C=O) groups excluding carboxylic acids is 1. The van der Waals surface area contributed by atoms with Crippen molar-refractivity contribution in [3.63, 3.8) is 0 Å². The molecule has 142 valence electrons. The van der Waals surface area contributed by atoms with Gasteiger partial charge in [-0.1, -0.05) is 28.1 Å². The smallest absolute Gasteiger partial charge is 0.430 e. The minimum Gasteiger partial charge on any atom is -0.468 e. The van der Waals surface area contributed by atoms with Crippen LogP contribution in [0.5, 0.6) is 0 Å². The quantitative estimate of drug-likeness (QED) is 0.492. The molecule has 1 aliphatic rings. The van der Waals surface area contributed by atoms with Crippen LogP contribution in [0.3, 0.4) is 0 Å². The fourth-order valence-electron chi connectivity index (χ4n) is 3.10. The molecule has 4 rings (SSSR count). The number of halogens is 4. The average Bonchev–Trinajstić information content (AvgIpc) is 2.79. The molecule has 28 heavy (non-hydrogen) atoms. The lowest BCUT2D eigenvalue weighted by atomic mass is 9.95. The summed E-state index contributed by atoms with van der Waals surface area (Å²) in [4.78, 5) is 25.1. The molecule has 1 aromatic heterocycles. The van der Waals surface area contributed by atoms with Gasteiger partial charge in [0.2, 0.25) is 0 Å². The van der Waals surface area contributed by atoms with Gasteiger partial charge in [-0.25, -0.2) is 15.0 Å². The predicted octanol–water partition coefficient (Wildman–Crippen LogP) is 4.96. The number of rotatable bonds is 1. The highest BCUT2D eigenvalue weighted by Crippen LogP contribution is 2.43. The molecule has 2 aromatic carbocycles. The van der Waals surface area contributed by atoms with Crippen molar-refractivity contribution < 1.29 is 22.7 Å². The van der Waals surface area contributed by atoms with Crippen LogP contribution in [0.2, 0.25) is 0 Å². The molecule has 0 N–H and O–H groups in total. The molecular formula is C19H11BrF3N3O2. The first-order valence-corrected chi connectivity index (χ1v) is 8.89. The number of esters is 1. The van der Waals surface area contributed by atoms with E-state index in [1.54, 1.807) is 36.4 Å². The second-order valence-electron chi connectivity index (χ2n) is 6.06. The third-order valence-corrected chi connectivity index (χ3v) is 4.82. The van der Waals surface area contributed by atoms with E-state index < -0.39 is 23.8 Å². The lowest BCUT2D eigenvalue weighted by Crippen LogP contribution is -2.35. The first-order valence-electron chi connectivity index (χ1n) is 8.10. The number of alkyl halides is 3. The molecule has 1 unspecified atom stereocenters. The van der Waals surface area contributed by atoms with Gasteiger partial charge in [0.15, 0.2) is 0 Å². The number of methoxy groups -OCH3 is 1. The molecule has 0 amide bonds. The van der Waals surface area contributed by atoms with Crippen LogP contribution in [0.4, 0.5) is 18.9 Å². The van der Waals surface area contributed by atoms with E-state index in [4.69, 9.17) is 0 Å². The normalized spacial score (nSPS) is 16.0. The molecule has 0 radical (unpaired) electrons. The number of benzene rings is 2. The van der Waals surface area contributed by atoms with Crippen molar-refractivity contribution in [2.45, 2.75) is 12.1 Å². The minimum atomic E-state index is -4.87. The zero-order valence-electron chi connectivity index (χ0n) is 14.3. The molecule has 2 heterocycles. The monoisotopic (exact) mass is 449 g/mol. The third kappa shape index (κ3) is 3.05. The van der Waals surface area contributed by atoms with Gasteiger partial charge >= 0.3 is 12.1 Å². The Morgan fingerprint density at radius 1 is 1.11 bits per heavy atom. The van der Waals surface area contributed by atoms with E-state index in [1.165, 1.54) is 6.07 Å². The highest BCUT2D eigenvalue weighted by atomic mass is 79.9. The van der Waals surface area contributed by atoms with Crippen molar-refractivity contribution >= 4 is 44.3 Å². The summed E-state index contributed by atoms with van der Waals surface area (Å²) in [6.45, 7) is 0. The van der Waals surface area contributed by atoms with Crippen LogP contribution in [0.15, 0.2) is 51.9 Å². The highest BCUT2D eigenvalue weighted by Gasteiger charge is 2.48. The van der Waals surface area contributed by atoms with Crippen molar-refractivity contribution in [2.24, 2.45) is 4.99 Å². The molecule has 0 spiro atoms. The molecule has 1 aliphatic heterocycles. The second kappa shape index (κ2) is 6.66. The number of fused-ring (bicyclic) bond motifs is 4. The molecule has 0 saturated carbocycles. The number of hydrogen-bond donors (Lipinski definition) is 0. The third-order valence-electron chi connectivity index (χ3n) is 4.33. The minimum absolute atomic E-state index is 0.0407. The van der Waals surface area contributed by atoms with Gasteiger partial charge in [-0.3, -0.25) is 4.79 Å². The van der Waals surface area contributed by atoms with Gasteiger partial charge in [0.25, 0.3) is 0 Å². The Morgan fingerprint density at radius 3 is 2.43 bits per heavy atom. The topological polar surface area (TPSA) is 64.4 Å². The number of ether oxygens (including phenoxy) is 1. The average molecular weight is 450 g/mol. The second-order valence-corrected chi connectivity index (χ2v) is 6.97. The van der Waals surface area contributed by atoms with Crippen molar-refractivity contribution in [3.05, 3.63) is 52.6 Å². The van der Waals surface area contributed by atoms with Crippen LogP contribution in [0, 0.1) is 0 Å². The SMILES string of the molecule is COC(=O)C1C(C(F)(F)F)=Nc2cc(Br)ccc2-c2nc3ccccc3nc21. The zero-order chi connectivity index (χ0) is 20.1. The van der Waals surface area contributed by atoms with E-state index in [1.807, 2.05) is 0 Å². The van der Waals surface area contributed by atoms with E-state index in [9.17, 15) is 18.0 Å². The molecule has 0 saturated heterocycles. The molecule has 0 bridgehead atoms. The van der Waals surface area contributed by atoms with Crippen molar-refractivity contribution in [1.29, 1.82) is 0 Å². The number of para-hydroxylation sites is 2. The maximum atomic E-state index is 13.9. The van der Waals surface area contributed by atoms with Gasteiger partial charge in [0.1, 0.15) is 11.6 Å². The molecular weight excluding hydrogens is 439 g/mol. The van der Waals surface area contributed by atoms with E-state index in [0.29, 0.717) is 21.1 Å². The summed E-state index contributed by atoms with van der Waals surface area (Å²) in [5.41, 5.74) is -0.000647. The number of aromatic nitrogens is 2. The Balaban J connectivity index is 2.14. The standard InChI is InChI=1S/C19H11BrF3N3O2/c1-28-18(27)14-16-15(24-11-4-2-3-5-12(11)25-16)10-7-6-9(20)8-13(10)26-17(14)19(21,22)23/h2-8,14H,1H3. The number of carbonyl (C=O) groups is 1. The molecule has 3 aromatic rings. The van der Waals surface area contributed by atoms with Gasteiger partial charge in [-0.05, 0) is 30.3 Å². The fraction of sp³-hybridized carbons (Fsp3) is 0.158. The van der Waals surface area contributed by atoms with Crippen molar-refractivity contribution in [1.82, 2.24) is 9.97 Å². The summed E-state index contributed by atoms with van der Waals surface area (Å²) in [6.07, 6.45) is -4.87. The molecule has 0 aliphatic carbocycles. The van der Waals surface area contributed by atoms with Crippen LogP contribution in [0.25, 0.3) is 22.3 Å². The Hall–Kier alpha value is -2.81. The number of hydrogen-bond acceptors (Lipinski definition) is 5. The van der Waals surface area contributed by atoms with Gasteiger partial charge in [0, 0.05) is 10.0 Å². The molecule has 0 fully saturated rings. The summed E-state index contributed by atoms with van der Waals surface area (Å²) < 4.78 is 46.8. The van der Waals surface area contributed by atoms with E-state index in [0.717, 1.165) is 7.11 Å². The first kappa shape index (κ1) is 18.5. The van der Waals surface area contributed by atoms with Crippen molar-refractivity contribution in [3.8, 4) is 11.3 Å². The Bertz CT molecular complexity index is 1140. The van der Waals surface area contributed by atoms with Crippen LogP contribution < -0.4 is 0 Å². The molecule has 9 heteroatoms. The summed E-state index contributed by atoms with van der Waals surface area (Å²) in [5.74, 6) is -2.95. The summed E-state index contributed by atoms with van der Waals surface area (Å²) in [6, 6.07) is 11.5. The highest BCUT2D eigenvalue weighted by molar-refractivity contribution is 9.10. The van der Waals surface area contributed by atoms with Crippen molar-refractivity contribution in [2.75, 3.05) is 7.11 Å². The lowest BCUT2D eigenvalue weighted by molar-refractivity contribution is -0.142. The maximum Gasteiger partial charge on any atom is 0.430 e. The predicted molar refractivity (Wildman–Crippen MR) is 101 cm³/mol. The Labute approximate surface area is 165 Å². The van der Waals surface area contributed by atoms with Gasteiger partial charge < -0.3 is 4.74 Å². The van der Waals surface area contributed by atoms with Crippen LogP contribution in [-0.2, 0) is 9.53 Å². The molecule has 5 nitrogen and oxygen atoms in total. The van der Waals surface area contributed by atoms with Gasteiger partial charge in [0.05, 0.1) is 35.2 Å². The lowest BCUT2D eigenvalue weighted by Gasteiger charge is -2.19. The Kier molecular flexibility index (Phi) is 4.41. The van der Waals surface area contributed by atoms with E-state index in [-0.39, 0.29) is 17.1 Å². The maximum absolute atomic E-state index is 13.9. The summed E-state index contributed by atoms with van der Waals surface area (Å²) in [7, 11) is 1.03. The number of aliphatic imine (C=N–C) groups is 1. The van der Waals surface area contributed by atoms with Gasteiger partial charge in [-0.2, -0.15) is 13.2 Å². The zero-order valence-corrected chi connectivity index (χ0v) is 15.9. The summed E-state index contributed by atoms with van der Waals surface area (Å²) in [5, 5.41) is 0. The molecule has 1 atom stereocenters. The van der Waals surface area contributed by atoms with E-state index in [2.05, 4.69) is 35.6 Å². The summed E-state index contributed by atoms with van der Waals surface area (Å²) >= 11 is 3.25. The Morgan fingerprint density at radius 2 is 1.79 bits per heavy atom. The largest absolute Gasteiger partial charge is 0.468 e. The fourth-order valence-corrected chi connectivity index (χ4v) is 3.45. The first-order chi connectivity index (χ1) is 13.3. The van der Waals surface area contributed by atoms with Crippen LogP contribution in [-0.4, -0.2) is 34.9 Å².